The van der Waals surface area contributed by atoms with Crippen LogP contribution in [-0.4, -0.2) is 29.3 Å². The van der Waals surface area contributed by atoms with Gasteiger partial charge in [-0.1, -0.05) is 96.8 Å². The van der Waals surface area contributed by atoms with E-state index in [9.17, 15) is 13.2 Å². The molecule has 0 radical (unpaired) electrons. The third-order valence-electron chi connectivity index (χ3n) is 4.45. The van der Waals surface area contributed by atoms with Crippen molar-refractivity contribution in [3.8, 4) is 0 Å². The Kier molecular flexibility index (Phi) is 24.1. The molecule has 1 atom stereocenters. The molecule has 0 fully saturated rings. The Bertz CT molecular complexity index is 412. The summed E-state index contributed by atoms with van der Waals surface area (Å²) in [5, 5.41) is 7.10. The van der Waals surface area contributed by atoms with Crippen molar-refractivity contribution in [3.05, 3.63) is 7.43 Å². The average molecular weight is 403 g/mol. The molecule has 0 aliphatic rings. The van der Waals surface area contributed by atoms with Gasteiger partial charge in [0.25, 0.3) is 10.1 Å². The molecule has 0 bridgehead atoms. The number of carboxylic acids is 1. The molecule has 0 aliphatic heterocycles. The van der Waals surface area contributed by atoms with E-state index in [2.05, 4.69) is 6.92 Å². The van der Waals surface area contributed by atoms with E-state index in [4.69, 9.17) is 9.66 Å². The summed E-state index contributed by atoms with van der Waals surface area (Å²) >= 11 is 0. The molecule has 2 N–H and O–H groups in total. The zero-order valence-electron chi connectivity index (χ0n) is 17.2. The van der Waals surface area contributed by atoms with Gasteiger partial charge in [0.2, 0.25) is 0 Å². The minimum Gasteiger partial charge on any atom is -0.480 e. The van der Waals surface area contributed by atoms with Crippen molar-refractivity contribution in [2.24, 2.45) is 0 Å². The monoisotopic (exact) mass is 402 g/mol. The fourth-order valence-electron chi connectivity index (χ4n) is 2.92. The quantitative estimate of drug-likeness (QED) is 0.169. The first-order chi connectivity index (χ1) is 11.4. The average Bonchev–Trinajstić information content (AvgIpc) is 2.49. The van der Waals surface area contributed by atoms with E-state index < -0.39 is 21.3 Å². The molecule has 0 aromatic heterocycles. The van der Waals surface area contributed by atoms with E-state index >= 15 is 0 Å². The standard InChI is InChI=1S/C18H36O5S.CH3.Na/c1-2-3-4-5-6-7-8-9-10-11-12-13-14-15-16-17(18(19)20)24(21,22)23;;/h17H,2-16H2,1H3,(H,19,20)(H,21,22,23);1H3;/q;-1;+1. The third kappa shape index (κ3) is 19.2. The van der Waals surface area contributed by atoms with E-state index in [1.165, 1.54) is 64.2 Å². The van der Waals surface area contributed by atoms with Crippen LogP contribution in [0.5, 0.6) is 0 Å². The Morgan fingerprint density at radius 3 is 1.35 bits per heavy atom. The second-order valence-corrected chi connectivity index (χ2v) is 8.33. The van der Waals surface area contributed by atoms with Gasteiger partial charge in [0.1, 0.15) is 0 Å². The molecule has 1 unspecified atom stereocenters. The van der Waals surface area contributed by atoms with Crippen LogP contribution in [0.4, 0.5) is 0 Å². The van der Waals surface area contributed by atoms with Crippen LogP contribution >= 0.6 is 0 Å². The zero-order chi connectivity index (χ0) is 18.3. The Morgan fingerprint density at radius 2 is 1.08 bits per heavy atom. The van der Waals surface area contributed by atoms with Crippen LogP contribution < -0.4 is 29.6 Å². The minimum atomic E-state index is -4.48. The van der Waals surface area contributed by atoms with Crippen LogP contribution in [0.3, 0.4) is 0 Å². The Balaban J connectivity index is -0.00000264. The van der Waals surface area contributed by atoms with E-state index in [0.717, 1.165) is 19.3 Å². The van der Waals surface area contributed by atoms with Gasteiger partial charge in [-0.25, -0.2) is 0 Å². The van der Waals surface area contributed by atoms with Crippen molar-refractivity contribution in [1.82, 2.24) is 0 Å². The Labute approximate surface area is 183 Å². The number of rotatable bonds is 17. The van der Waals surface area contributed by atoms with Crippen LogP contribution in [0.2, 0.25) is 0 Å². The largest absolute Gasteiger partial charge is 1.00 e. The maximum atomic E-state index is 10.9. The molecule has 26 heavy (non-hydrogen) atoms. The van der Waals surface area contributed by atoms with Gasteiger partial charge in [0, 0.05) is 0 Å². The summed E-state index contributed by atoms with van der Waals surface area (Å²) in [6, 6.07) is 0. The summed E-state index contributed by atoms with van der Waals surface area (Å²) in [5.74, 6) is -1.47. The predicted octanol–water partition coefficient (Wildman–Crippen LogP) is 2.65. The van der Waals surface area contributed by atoms with Crippen LogP contribution in [0.25, 0.3) is 0 Å². The summed E-state index contributed by atoms with van der Waals surface area (Å²) in [6.45, 7) is 2.24. The van der Waals surface area contributed by atoms with Gasteiger partial charge >= 0.3 is 35.5 Å². The Morgan fingerprint density at radius 1 is 0.769 bits per heavy atom. The smallest absolute Gasteiger partial charge is 0.480 e. The molecular weight excluding hydrogens is 363 g/mol. The topological polar surface area (TPSA) is 91.7 Å². The van der Waals surface area contributed by atoms with Crippen molar-refractivity contribution < 1.29 is 52.4 Å². The summed E-state index contributed by atoms with van der Waals surface area (Å²) in [5.41, 5.74) is 0. The maximum Gasteiger partial charge on any atom is 1.00 e. The number of unbranched alkanes of at least 4 members (excludes halogenated alkanes) is 13. The fraction of sp³-hybridized carbons (Fsp3) is 0.895. The maximum absolute atomic E-state index is 10.9. The van der Waals surface area contributed by atoms with E-state index in [1.807, 2.05) is 0 Å². The van der Waals surface area contributed by atoms with Crippen molar-refractivity contribution in [1.29, 1.82) is 0 Å². The second kappa shape index (κ2) is 20.1. The predicted molar refractivity (Wildman–Crippen MR) is 104 cm³/mol. The van der Waals surface area contributed by atoms with Gasteiger partial charge in [0.15, 0.2) is 5.25 Å². The van der Waals surface area contributed by atoms with Crippen molar-refractivity contribution >= 4 is 16.1 Å². The number of hydrogen-bond acceptors (Lipinski definition) is 3. The minimum absolute atomic E-state index is 0. The molecule has 0 aromatic carbocycles. The van der Waals surface area contributed by atoms with Gasteiger partial charge in [-0.3, -0.25) is 9.35 Å². The van der Waals surface area contributed by atoms with Gasteiger partial charge in [-0.05, 0) is 6.42 Å². The molecular formula is C19H39NaO5S. The molecule has 0 heterocycles. The molecule has 7 heteroatoms. The first-order valence-electron chi connectivity index (χ1n) is 9.58. The number of carbonyl (C=O) groups is 1. The fourth-order valence-corrected chi connectivity index (χ4v) is 3.64. The van der Waals surface area contributed by atoms with Crippen LogP contribution in [0.1, 0.15) is 103 Å². The van der Waals surface area contributed by atoms with Gasteiger partial charge in [-0.2, -0.15) is 8.42 Å². The molecule has 0 amide bonds. The molecule has 5 nitrogen and oxygen atoms in total. The van der Waals surface area contributed by atoms with Crippen LogP contribution in [-0.2, 0) is 14.9 Å². The summed E-state index contributed by atoms with van der Waals surface area (Å²) in [4.78, 5) is 10.8. The molecule has 152 valence electrons. The molecule has 0 aliphatic carbocycles. The van der Waals surface area contributed by atoms with Gasteiger partial charge in [-0.15, -0.1) is 0 Å². The molecule has 0 rings (SSSR count). The Hall–Kier alpha value is 0.380. The van der Waals surface area contributed by atoms with Crippen molar-refractivity contribution in [2.45, 2.75) is 108 Å². The molecule has 0 saturated carbocycles. The number of aliphatic carboxylic acids is 1. The van der Waals surface area contributed by atoms with Crippen molar-refractivity contribution in [3.63, 3.8) is 0 Å². The molecule has 0 aromatic rings. The first-order valence-corrected chi connectivity index (χ1v) is 11.1. The van der Waals surface area contributed by atoms with Gasteiger partial charge in [0.05, 0.1) is 0 Å². The number of carboxylic acid groups (broad SMARTS) is 1. The second-order valence-electron chi connectivity index (χ2n) is 6.73. The van der Waals surface area contributed by atoms with E-state index in [-0.39, 0.29) is 43.4 Å². The van der Waals surface area contributed by atoms with Crippen molar-refractivity contribution in [2.75, 3.05) is 0 Å². The number of hydrogen-bond donors (Lipinski definition) is 2. The van der Waals surface area contributed by atoms with Gasteiger partial charge < -0.3 is 12.5 Å². The van der Waals surface area contributed by atoms with E-state index in [1.54, 1.807) is 0 Å². The van der Waals surface area contributed by atoms with Crippen LogP contribution in [0, 0.1) is 7.43 Å². The normalized spacial score (nSPS) is 12.1. The SMILES string of the molecule is CCCCCCCCCCCCCCCCC(C(=O)O)S(=O)(=O)O.[CH3-].[Na+]. The summed E-state index contributed by atoms with van der Waals surface area (Å²) in [6.07, 6.45) is 16.6. The molecule has 0 spiro atoms. The van der Waals surface area contributed by atoms with Crippen LogP contribution in [0.15, 0.2) is 0 Å². The molecule has 0 saturated heterocycles. The van der Waals surface area contributed by atoms with E-state index in [0.29, 0.717) is 6.42 Å². The zero-order valence-corrected chi connectivity index (χ0v) is 20.0. The first kappa shape index (κ1) is 31.1. The summed E-state index contributed by atoms with van der Waals surface area (Å²) < 4.78 is 30.7. The third-order valence-corrected chi connectivity index (χ3v) is 5.61. The summed E-state index contributed by atoms with van der Waals surface area (Å²) in [7, 11) is -4.48.